The van der Waals surface area contributed by atoms with Gasteiger partial charge in [-0.1, -0.05) is 26.8 Å². The first kappa shape index (κ1) is 12.5. The van der Waals surface area contributed by atoms with Gasteiger partial charge in [-0.05, 0) is 54.0 Å². The quantitative estimate of drug-likeness (QED) is 0.759. The van der Waals surface area contributed by atoms with Crippen LogP contribution in [0.5, 0.6) is 0 Å². The summed E-state index contributed by atoms with van der Waals surface area (Å²) >= 11 is 0. The van der Waals surface area contributed by atoms with E-state index in [4.69, 9.17) is 4.98 Å². The first-order valence-corrected chi connectivity index (χ1v) is 7.22. The maximum absolute atomic E-state index is 4.79. The van der Waals surface area contributed by atoms with E-state index in [-0.39, 0.29) is 5.41 Å². The molecule has 2 aromatic rings. The van der Waals surface area contributed by atoms with Crippen LogP contribution in [0.1, 0.15) is 44.7 Å². The lowest BCUT2D eigenvalue weighted by molar-refractivity contribution is 0.591. The van der Waals surface area contributed by atoms with Crippen molar-refractivity contribution in [1.82, 2.24) is 4.98 Å². The number of nitrogens with one attached hydrogen (secondary N) is 1. The molecule has 0 bridgehead atoms. The number of aryl methyl sites for hydroxylation is 1. The van der Waals surface area contributed by atoms with Crippen LogP contribution in [0, 0.1) is 0 Å². The summed E-state index contributed by atoms with van der Waals surface area (Å²) in [7, 11) is 0. The van der Waals surface area contributed by atoms with E-state index in [9.17, 15) is 0 Å². The Hall–Kier alpha value is -1.57. The molecule has 2 heteroatoms. The van der Waals surface area contributed by atoms with Crippen LogP contribution in [-0.4, -0.2) is 11.5 Å². The molecule has 1 aliphatic rings. The highest BCUT2D eigenvalue weighted by Crippen LogP contribution is 2.29. The zero-order valence-electron chi connectivity index (χ0n) is 12.1. The topological polar surface area (TPSA) is 24.9 Å². The van der Waals surface area contributed by atoms with Crippen molar-refractivity contribution < 1.29 is 0 Å². The van der Waals surface area contributed by atoms with E-state index in [1.54, 1.807) is 0 Å². The monoisotopic (exact) mass is 254 g/mol. The Kier molecular flexibility index (Phi) is 2.96. The number of fused-ring (bicyclic) bond motifs is 2. The van der Waals surface area contributed by atoms with Gasteiger partial charge in [0, 0.05) is 11.9 Å². The molecule has 0 atom stereocenters. The number of rotatable bonds is 0. The van der Waals surface area contributed by atoms with Crippen LogP contribution < -0.4 is 5.32 Å². The molecule has 0 saturated heterocycles. The van der Waals surface area contributed by atoms with Crippen LogP contribution in [0.25, 0.3) is 10.9 Å². The van der Waals surface area contributed by atoms with Crippen LogP contribution in [0.15, 0.2) is 24.3 Å². The Morgan fingerprint density at radius 1 is 1.11 bits per heavy atom. The van der Waals surface area contributed by atoms with Gasteiger partial charge in [-0.25, -0.2) is 4.98 Å². The molecule has 1 aromatic heterocycles. The molecule has 2 nitrogen and oxygen atoms in total. The predicted molar refractivity (Wildman–Crippen MR) is 81.9 cm³/mol. The van der Waals surface area contributed by atoms with Gasteiger partial charge in [-0.2, -0.15) is 0 Å². The summed E-state index contributed by atoms with van der Waals surface area (Å²) in [5, 5.41) is 4.72. The van der Waals surface area contributed by atoms with Gasteiger partial charge in [0.25, 0.3) is 0 Å². The lowest BCUT2D eigenvalue weighted by atomic mass is 9.86. The number of hydrogen-bond acceptors (Lipinski definition) is 2. The minimum absolute atomic E-state index is 0.194. The normalized spacial score (nSPS) is 15.7. The van der Waals surface area contributed by atoms with Crippen LogP contribution in [0.3, 0.4) is 0 Å². The summed E-state index contributed by atoms with van der Waals surface area (Å²) in [5.74, 6) is 1.09. The van der Waals surface area contributed by atoms with Gasteiger partial charge in [0.05, 0.1) is 5.52 Å². The molecule has 0 amide bonds. The van der Waals surface area contributed by atoms with Crippen LogP contribution in [0.4, 0.5) is 5.82 Å². The van der Waals surface area contributed by atoms with Crippen molar-refractivity contribution in [2.75, 3.05) is 11.9 Å². The second-order valence-electron chi connectivity index (χ2n) is 6.54. The Balaban J connectivity index is 2.13. The van der Waals surface area contributed by atoms with Gasteiger partial charge >= 0.3 is 0 Å². The van der Waals surface area contributed by atoms with Gasteiger partial charge < -0.3 is 5.32 Å². The zero-order valence-corrected chi connectivity index (χ0v) is 12.1. The van der Waals surface area contributed by atoms with Gasteiger partial charge in [-0.15, -0.1) is 0 Å². The van der Waals surface area contributed by atoms with Gasteiger partial charge in [-0.3, -0.25) is 0 Å². The van der Waals surface area contributed by atoms with E-state index in [0.29, 0.717) is 0 Å². The smallest absolute Gasteiger partial charge is 0.129 e. The second kappa shape index (κ2) is 4.52. The minimum atomic E-state index is 0.194. The van der Waals surface area contributed by atoms with Crippen molar-refractivity contribution in [2.24, 2.45) is 0 Å². The summed E-state index contributed by atoms with van der Waals surface area (Å²) in [6, 6.07) is 8.99. The van der Waals surface area contributed by atoms with Gasteiger partial charge in [0.15, 0.2) is 0 Å². The average molecular weight is 254 g/mol. The van der Waals surface area contributed by atoms with Crippen molar-refractivity contribution >= 4 is 16.7 Å². The molecule has 1 aliphatic heterocycles. The molecule has 1 aromatic carbocycles. The number of pyridine rings is 1. The standard InChI is InChI=1S/C17H22N2/c1-17(2,3)14-7-8-15-13(11-14)10-12-6-4-5-9-18-16(12)19-15/h7-8,10-11H,4-6,9H2,1-3H3,(H,18,19). The highest BCUT2D eigenvalue weighted by Gasteiger charge is 2.15. The molecule has 0 fully saturated rings. The van der Waals surface area contributed by atoms with E-state index in [1.807, 2.05) is 0 Å². The summed E-state index contributed by atoms with van der Waals surface area (Å²) < 4.78 is 0. The fraction of sp³-hybridized carbons (Fsp3) is 0.471. The van der Waals surface area contributed by atoms with Crippen LogP contribution >= 0.6 is 0 Å². The maximum Gasteiger partial charge on any atom is 0.129 e. The molecule has 2 heterocycles. The predicted octanol–water partition coefficient (Wildman–Crippen LogP) is 4.28. The van der Waals surface area contributed by atoms with Crippen molar-refractivity contribution in [2.45, 2.75) is 45.4 Å². The molecule has 100 valence electrons. The van der Waals surface area contributed by atoms with E-state index in [1.165, 1.54) is 29.4 Å². The number of anilines is 1. The molecular formula is C17H22N2. The van der Waals surface area contributed by atoms with E-state index >= 15 is 0 Å². The third-order valence-corrected chi connectivity index (χ3v) is 3.93. The Morgan fingerprint density at radius 3 is 2.74 bits per heavy atom. The van der Waals surface area contributed by atoms with Crippen molar-refractivity contribution in [3.8, 4) is 0 Å². The molecule has 19 heavy (non-hydrogen) atoms. The number of aromatic nitrogens is 1. The molecule has 1 N–H and O–H groups in total. The lowest BCUT2D eigenvalue weighted by Crippen LogP contribution is -2.10. The van der Waals surface area contributed by atoms with Crippen molar-refractivity contribution in [1.29, 1.82) is 0 Å². The third kappa shape index (κ3) is 2.44. The molecule has 0 saturated carbocycles. The summed E-state index contributed by atoms with van der Waals surface area (Å²) in [6.45, 7) is 7.82. The third-order valence-electron chi connectivity index (χ3n) is 3.93. The largest absolute Gasteiger partial charge is 0.370 e. The first-order valence-electron chi connectivity index (χ1n) is 7.22. The minimum Gasteiger partial charge on any atom is -0.370 e. The highest BCUT2D eigenvalue weighted by atomic mass is 15.0. The number of hydrogen-bond donors (Lipinski definition) is 1. The number of benzene rings is 1. The second-order valence-corrected chi connectivity index (χ2v) is 6.54. The molecule has 0 radical (unpaired) electrons. The maximum atomic E-state index is 4.79. The molecule has 3 rings (SSSR count). The molecule has 0 spiro atoms. The van der Waals surface area contributed by atoms with Crippen molar-refractivity contribution in [3.05, 3.63) is 35.4 Å². The van der Waals surface area contributed by atoms with Crippen LogP contribution in [0.2, 0.25) is 0 Å². The highest BCUT2D eigenvalue weighted by molar-refractivity contribution is 5.82. The SMILES string of the molecule is CC(C)(C)c1ccc2nc3c(cc2c1)CCCCN3. The fourth-order valence-corrected chi connectivity index (χ4v) is 2.68. The number of nitrogens with zero attached hydrogens (tertiary/aromatic N) is 1. The Labute approximate surface area is 115 Å². The van der Waals surface area contributed by atoms with E-state index in [0.717, 1.165) is 24.3 Å². The average Bonchev–Trinajstić information content (AvgIpc) is 2.58. The van der Waals surface area contributed by atoms with Crippen LogP contribution in [-0.2, 0) is 11.8 Å². The van der Waals surface area contributed by atoms with E-state index in [2.05, 4.69) is 50.4 Å². The summed E-state index contributed by atoms with van der Waals surface area (Å²) in [4.78, 5) is 4.79. The Bertz CT molecular complexity index is 608. The van der Waals surface area contributed by atoms with Gasteiger partial charge in [0.2, 0.25) is 0 Å². The first-order chi connectivity index (χ1) is 9.04. The summed E-state index contributed by atoms with van der Waals surface area (Å²) in [5.41, 5.74) is 4.04. The Morgan fingerprint density at radius 2 is 1.95 bits per heavy atom. The van der Waals surface area contributed by atoms with E-state index < -0.39 is 0 Å². The molecular weight excluding hydrogens is 232 g/mol. The summed E-state index contributed by atoms with van der Waals surface area (Å²) in [6.07, 6.45) is 3.64. The molecule has 0 aliphatic carbocycles. The molecule has 0 unspecified atom stereocenters. The van der Waals surface area contributed by atoms with Gasteiger partial charge in [0.1, 0.15) is 5.82 Å². The fourth-order valence-electron chi connectivity index (χ4n) is 2.68. The zero-order chi connectivity index (χ0) is 13.5. The van der Waals surface area contributed by atoms with Crippen molar-refractivity contribution in [3.63, 3.8) is 0 Å². The lowest BCUT2D eigenvalue weighted by Gasteiger charge is -2.19.